The maximum absolute atomic E-state index is 12.3. The van der Waals surface area contributed by atoms with Crippen LogP contribution in [-0.2, 0) is 11.3 Å². The number of benzene rings is 2. The Hall–Kier alpha value is -2.33. The molecular weight excluding hydrogens is 346 g/mol. The Kier molecular flexibility index (Phi) is 6.81. The normalized spacial score (nSPS) is 11.0. The smallest absolute Gasteiger partial charge is 0.224 e. The van der Waals surface area contributed by atoms with Crippen LogP contribution in [0.3, 0.4) is 0 Å². The van der Waals surface area contributed by atoms with Crippen LogP contribution in [0.2, 0.25) is 5.02 Å². The molecule has 138 valence electrons. The zero-order chi connectivity index (χ0) is 19.3. The first-order valence-corrected chi connectivity index (χ1v) is 9.07. The van der Waals surface area contributed by atoms with E-state index in [0.717, 1.165) is 23.4 Å². The summed E-state index contributed by atoms with van der Waals surface area (Å²) >= 11 is 6.43. The van der Waals surface area contributed by atoms with Crippen molar-refractivity contribution >= 4 is 35.2 Å². The molecule has 0 saturated heterocycles. The van der Waals surface area contributed by atoms with Gasteiger partial charge < -0.3 is 9.80 Å². The summed E-state index contributed by atoms with van der Waals surface area (Å²) in [5.74, 6) is -0.0216. The van der Waals surface area contributed by atoms with E-state index in [-0.39, 0.29) is 5.91 Å². The van der Waals surface area contributed by atoms with Gasteiger partial charge in [-0.15, -0.1) is 0 Å². The molecule has 0 N–H and O–H groups in total. The van der Waals surface area contributed by atoms with Crippen LogP contribution in [0.15, 0.2) is 41.4 Å². The van der Waals surface area contributed by atoms with Crippen molar-refractivity contribution in [3.8, 4) is 0 Å². The molecule has 0 bridgehead atoms. The van der Waals surface area contributed by atoms with Crippen molar-refractivity contribution in [2.45, 2.75) is 34.2 Å². The van der Waals surface area contributed by atoms with E-state index in [1.807, 2.05) is 50.1 Å². The van der Waals surface area contributed by atoms with E-state index < -0.39 is 0 Å². The fourth-order valence-corrected chi connectivity index (χ4v) is 2.74. The second kappa shape index (κ2) is 8.86. The molecule has 0 atom stereocenters. The Balaban J connectivity index is 2.34. The Morgan fingerprint density at radius 1 is 1.19 bits per heavy atom. The number of aliphatic imine (C=N–C) groups is 1. The van der Waals surface area contributed by atoms with Crippen molar-refractivity contribution in [2.75, 3.05) is 18.5 Å². The van der Waals surface area contributed by atoms with Crippen LogP contribution >= 0.6 is 11.6 Å². The largest absolute Gasteiger partial charge is 0.366 e. The number of nitrogens with zero attached hydrogens (tertiary/aromatic N) is 3. The quantitative estimate of drug-likeness (QED) is 0.521. The topological polar surface area (TPSA) is 35.9 Å². The van der Waals surface area contributed by atoms with Crippen LogP contribution in [0.25, 0.3) is 0 Å². The van der Waals surface area contributed by atoms with Gasteiger partial charge in [-0.2, -0.15) is 0 Å². The molecule has 5 heteroatoms. The van der Waals surface area contributed by atoms with E-state index in [1.165, 1.54) is 5.56 Å². The maximum atomic E-state index is 12.3. The number of carbonyl (C=O) groups excluding carboxylic acids is 1. The number of rotatable bonds is 6. The molecule has 26 heavy (non-hydrogen) atoms. The van der Waals surface area contributed by atoms with Gasteiger partial charge in [-0.25, -0.2) is 4.99 Å². The van der Waals surface area contributed by atoms with Gasteiger partial charge in [0.1, 0.15) is 0 Å². The number of aryl methyl sites for hydroxylation is 2. The van der Waals surface area contributed by atoms with Gasteiger partial charge in [-0.3, -0.25) is 4.79 Å². The highest BCUT2D eigenvalue weighted by Gasteiger charge is 2.16. The lowest BCUT2D eigenvalue weighted by atomic mass is 10.1. The van der Waals surface area contributed by atoms with E-state index >= 15 is 0 Å². The number of hydrogen-bond donors (Lipinski definition) is 0. The van der Waals surface area contributed by atoms with Gasteiger partial charge in [0.25, 0.3) is 0 Å². The Morgan fingerprint density at radius 3 is 2.42 bits per heavy atom. The van der Waals surface area contributed by atoms with E-state index in [9.17, 15) is 4.79 Å². The zero-order valence-electron chi connectivity index (χ0n) is 16.1. The van der Waals surface area contributed by atoms with Gasteiger partial charge in [0.2, 0.25) is 5.91 Å². The molecule has 2 aromatic carbocycles. The lowest BCUT2D eigenvalue weighted by molar-refractivity contribution is -0.116. The van der Waals surface area contributed by atoms with Crippen molar-refractivity contribution in [3.05, 3.63) is 58.1 Å². The fourth-order valence-electron chi connectivity index (χ4n) is 2.53. The molecule has 0 aromatic heterocycles. The number of carbonyl (C=O) groups is 1. The molecule has 0 aliphatic carbocycles. The summed E-state index contributed by atoms with van der Waals surface area (Å²) in [5, 5.41) is 0.529. The predicted octanol–water partition coefficient (Wildman–Crippen LogP) is 5.12. The number of anilines is 1. The monoisotopic (exact) mass is 371 g/mol. The molecule has 0 unspecified atom stereocenters. The first kappa shape index (κ1) is 20.0. The molecule has 0 saturated carbocycles. The second-order valence-corrected chi connectivity index (χ2v) is 6.91. The predicted molar refractivity (Wildman–Crippen MR) is 111 cm³/mol. The lowest BCUT2D eigenvalue weighted by Gasteiger charge is -2.24. The Bertz CT molecular complexity index is 800. The summed E-state index contributed by atoms with van der Waals surface area (Å²) in [4.78, 5) is 20.4. The van der Waals surface area contributed by atoms with Crippen LogP contribution in [-0.4, -0.2) is 30.7 Å². The Labute approximate surface area is 161 Å². The molecule has 0 aliphatic heterocycles. The summed E-state index contributed by atoms with van der Waals surface area (Å²) in [6, 6.07) is 11.9. The van der Waals surface area contributed by atoms with Crippen LogP contribution < -0.4 is 4.90 Å². The summed E-state index contributed by atoms with van der Waals surface area (Å²) in [5.41, 5.74) is 4.75. The molecule has 0 radical (unpaired) electrons. The minimum absolute atomic E-state index is 0.0216. The Morgan fingerprint density at radius 2 is 1.85 bits per heavy atom. The van der Waals surface area contributed by atoms with Gasteiger partial charge in [-0.05, 0) is 44.0 Å². The average Bonchev–Trinajstić information content (AvgIpc) is 2.61. The minimum atomic E-state index is -0.0216. The van der Waals surface area contributed by atoms with Crippen molar-refractivity contribution in [1.82, 2.24) is 4.90 Å². The van der Waals surface area contributed by atoms with Crippen LogP contribution in [0.5, 0.6) is 0 Å². The first-order chi connectivity index (χ1) is 12.3. The molecule has 1 amide bonds. The fraction of sp³-hybridized carbons (Fsp3) is 0.333. The van der Waals surface area contributed by atoms with Crippen molar-refractivity contribution in [1.29, 1.82) is 0 Å². The lowest BCUT2D eigenvalue weighted by Crippen LogP contribution is -2.28. The van der Waals surface area contributed by atoms with E-state index in [1.54, 1.807) is 18.2 Å². The molecule has 2 aromatic rings. The molecule has 0 fully saturated rings. The third kappa shape index (κ3) is 5.09. The van der Waals surface area contributed by atoms with Crippen LogP contribution in [0, 0.1) is 13.8 Å². The average molecular weight is 372 g/mol. The van der Waals surface area contributed by atoms with Crippen LogP contribution in [0.4, 0.5) is 11.4 Å². The number of hydrogen-bond acceptors (Lipinski definition) is 2. The third-order valence-corrected chi connectivity index (χ3v) is 4.59. The van der Waals surface area contributed by atoms with Gasteiger partial charge in [0.15, 0.2) is 0 Å². The highest BCUT2D eigenvalue weighted by molar-refractivity contribution is 6.33. The summed E-state index contributed by atoms with van der Waals surface area (Å²) in [6.45, 7) is 9.02. The van der Waals surface area contributed by atoms with Crippen LogP contribution in [0.1, 0.15) is 30.5 Å². The highest BCUT2D eigenvalue weighted by atomic mass is 35.5. The first-order valence-electron chi connectivity index (χ1n) is 8.70. The van der Waals surface area contributed by atoms with E-state index in [0.29, 0.717) is 17.3 Å². The molecule has 0 aliphatic rings. The maximum Gasteiger partial charge on any atom is 0.224 e. The van der Waals surface area contributed by atoms with Gasteiger partial charge in [0, 0.05) is 26.2 Å². The zero-order valence-corrected chi connectivity index (χ0v) is 16.8. The SMILES string of the molecule is CCN(C)C=Nc1cc(C)c(N(Cc2ccc(C)cc2)C(C)=O)cc1Cl. The van der Waals surface area contributed by atoms with E-state index in [4.69, 9.17) is 11.6 Å². The summed E-state index contributed by atoms with van der Waals surface area (Å²) in [7, 11) is 1.96. The number of halogens is 1. The summed E-state index contributed by atoms with van der Waals surface area (Å²) < 4.78 is 0. The van der Waals surface area contributed by atoms with Gasteiger partial charge in [-0.1, -0.05) is 41.4 Å². The van der Waals surface area contributed by atoms with Gasteiger partial charge in [0.05, 0.1) is 23.6 Å². The number of amides is 1. The molecule has 0 heterocycles. The second-order valence-electron chi connectivity index (χ2n) is 6.50. The molecule has 0 spiro atoms. The highest BCUT2D eigenvalue weighted by Crippen LogP contribution is 2.33. The standard InChI is InChI=1S/C21H26ClN3O/c1-6-24(5)14-23-20-11-16(3)21(12-19(20)22)25(17(4)26)13-18-9-7-15(2)8-10-18/h7-12,14H,6,13H2,1-5H3. The van der Waals surface area contributed by atoms with Gasteiger partial charge >= 0.3 is 0 Å². The van der Waals surface area contributed by atoms with Crippen molar-refractivity contribution < 1.29 is 4.79 Å². The molecule has 2 rings (SSSR count). The van der Waals surface area contributed by atoms with E-state index in [2.05, 4.69) is 24.0 Å². The van der Waals surface area contributed by atoms with Crippen molar-refractivity contribution in [3.63, 3.8) is 0 Å². The molecular formula is C21H26ClN3O. The third-order valence-electron chi connectivity index (χ3n) is 4.29. The molecule has 4 nitrogen and oxygen atoms in total. The minimum Gasteiger partial charge on any atom is -0.366 e. The van der Waals surface area contributed by atoms with Crippen molar-refractivity contribution in [2.24, 2.45) is 4.99 Å². The summed E-state index contributed by atoms with van der Waals surface area (Å²) in [6.07, 6.45) is 1.76.